The molecule has 0 aromatic heterocycles. The van der Waals surface area contributed by atoms with Crippen molar-refractivity contribution >= 4 is 17.7 Å². The van der Waals surface area contributed by atoms with Gasteiger partial charge in [-0.05, 0) is 17.7 Å². The second-order valence-electron chi connectivity index (χ2n) is 5.48. The molecule has 24 heavy (non-hydrogen) atoms. The fourth-order valence-corrected chi connectivity index (χ4v) is 2.62. The van der Waals surface area contributed by atoms with Crippen molar-refractivity contribution in [3.63, 3.8) is 0 Å². The van der Waals surface area contributed by atoms with Crippen LogP contribution in [0.25, 0.3) is 0 Å². The van der Waals surface area contributed by atoms with Crippen LogP contribution in [-0.4, -0.2) is 48.4 Å². The van der Waals surface area contributed by atoms with Crippen molar-refractivity contribution in [2.75, 3.05) is 19.8 Å². The molecule has 1 fully saturated rings. The van der Waals surface area contributed by atoms with Crippen molar-refractivity contribution in [3.8, 4) is 0 Å². The molecule has 1 unspecified atom stereocenters. The minimum atomic E-state index is -0.477. The zero-order chi connectivity index (χ0) is 17.5. The fraction of sp³-hybridized carbons (Fsp3) is 0.353. The zero-order valence-corrected chi connectivity index (χ0v) is 13.4. The Labute approximate surface area is 140 Å². The summed E-state index contributed by atoms with van der Waals surface area (Å²) in [5, 5.41) is 2.66. The topological polar surface area (TPSA) is 102 Å². The van der Waals surface area contributed by atoms with E-state index in [2.05, 4.69) is 11.9 Å². The summed E-state index contributed by atoms with van der Waals surface area (Å²) in [5.74, 6) is -0.988. The zero-order valence-electron chi connectivity index (χ0n) is 13.4. The van der Waals surface area contributed by atoms with E-state index in [9.17, 15) is 14.4 Å². The average molecular weight is 331 g/mol. The summed E-state index contributed by atoms with van der Waals surface area (Å²) < 4.78 is 5.35. The highest BCUT2D eigenvalue weighted by Gasteiger charge is 2.30. The molecule has 1 aromatic rings. The SMILES string of the molecule is C=CC(=O)NCc1ccccc1C(=O)N1CCOCC1CC(N)=O. The fourth-order valence-electron chi connectivity index (χ4n) is 2.62. The van der Waals surface area contributed by atoms with Crippen LogP contribution in [0.4, 0.5) is 0 Å². The summed E-state index contributed by atoms with van der Waals surface area (Å²) in [6.45, 7) is 4.70. The summed E-state index contributed by atoms with van der Waals surface area (Å²) in [6, 6.07) is 6.66. The maximum absolute atomic E-state index is 12.9. The van der Waals surface area contributed by atoms with Gasteiger partial charge in [0.05, 0.1) is 19.3 Å². The first-order valence-electron chi connectivity index (χ1n) is 7.68. The second kappa shape index (κ2) is 8.26. The first-order chi connectivity index (χ1) is 11.5. The van der Waals surface area contributed by atoms with Gasteiger partial charge in [0.25, 0.3) is 5.91 Å². The Bertz CT molecular complexity index is 644. The lowest BCUT2D eigenvalue weighted by molar-refractivity contribution is -0.120. The van der Waals surface area contributed by atoms with E-state index in [4.69, 9.17) is 10.5 Å². The Morgan fingerprint density at radius 2 is 2.12 bits per heavy atom. The van der Waals surface area contributed by atoms with E-state index in [-0.39, 0.29) is 37.4 Å². The van der Waals surface area contributed by atoms with Gasteiger partial charge in [-0.1, -0.05) is 24.8 Å². The molecule has 0 bridgehead atoms. The normalized spacial score (nSPS) is 17.2. The van der Waals surface area contributed by atoms with E-state index < -0.39 is 5.91 Å². The molecule has 3 N–H and O–H groups in total. The standard InChI is InChI=1S/C17H21N3O4/c1-2-16(22)19-10-12-5-3-4-6-14(12)17(23)20-7-8-24-11-13(20)9-15(18)21/h2-6,13H,1,7-11H2,(H2,18,21)(H,19,22). The third-order valence-corrected chi connectivity index (χ3v) is 3.81. The molecule has 0 spiro atoms. The molecule has 128 valence electrons. The number of nitrogens with two attached hydrogens (primary N) is 1. The van der Waals surface area contributed by atoms with Gasteiger partial charge in [-0.25, -0.2) is 0 Å². The number of carbonyl (C=O) groups is 3. The third kappa shape index (κ3) is 4.42. The molecule has 7 nitrogen and oxygen atoms in total. The number of ether oxygens (including phenoxy) is 1. The van der Waals surface area contributed by atoms with Crippen molar-refractivity contribution in [1.82, 2.24) is 10.2 Å². The van der Waals surface area contributed by atoms with Crippen LogP contribution in [0.3, 0.4) is 0 Å². The quantitative estimate of drug-likeness (QED) is 0.727. The first-order valence-corrected chi connectivity index (χ1v) is 7.68. The van der Waals surface area contributed by atoms with Gasteiger partial charge in [0.2, 0.25) is 11.8 Å². The van der Waals surface area contributed by atoms with Gasteiger partial charge in [0.1, 0.15) is 0 Å². The molecular formula is C17H21N3O4. The molecule has 0 aliphatic carbocycles. The van der Waals surface area contributed by atoms with Gasteiger partial charge in [0, 0.05) is 25.1 Å². The van der Waals surface area contributed by atoms with Crippen LogP contribution in [-0.2, 0) is 20.9 Å². The van der Waals surface area contributed by atoms with E-state index in [0.717, 1.165) is 0 Å². The van der Waals surface area contributed by atoms with Gasteiger partial charge in [-0.3, -0.25) is 14.4 Å². The van der Waals surface area contributed by atoms with Crippen LogP contribution in [0.1, 0.15) is 22.3 Å². The third-order valence-electron chi connectivity index (χ3n) is 3.81. The highest BCUT2D eigenvalue weighted by molar-refractivity contribution is 5.96. The molecule has 0 saturated carbocycles. The van der Waals surface area contributed by atoms with Gasteiger partial charge in [-0.15, -0.1) is 0 Å². The number of nitrogens with one attached hydrogen (secondary N) is 1. The summed E-state index contributed by atoms with van der Waals surface area (Å²) in [5.41, 5.74) is 6.44. The number of rotatable bonds is 6. The maximum Gasteiger partial charge on any atom is 0.254 e. The van der Waals surface area contributed by atoms with E-state index in [1.807, 2.05) is 0 Å². The maximum atomic E-state index is 12.9. The summed E-state index contributed by atoms with van der Waals surface area (Å²) in [4.78, 5) is 37.1. The van der Waals surface area contributed by atoms with Crippen molar-refractivity contribution in [1.29, 1.82) is 0 Å². The van der Waals surface area contributed by atoms with Crippen LogP contribution in [0, 0.1) is 0 Å². The average Bonchev–Trinajstić information content (AvgIpc) is 2.59. The van der Waals surface area contributed by atoms with Crippen molar-refractivity contribution < 1.29 is 19.1 Å². The van der Waals surface area contributed by atoms with Gasteiger partial charge in [0.15, 0.2) is 0 Å². The number of primary amides is 1. The summed E-state index contributed by atoms with van der Waals surface area (Å²) in [7, 11) is 0. The predicted octanol–water partition coefficient (Wildman–Crippen LogP) is 0.205. The molecule has 2 rings (SSSR count). The molecule has 7 heteroatoms. The smallest absolute Gasteiger partial charge is 0.254 e. The number of amides is 3. The number of hydrogen-bond donors (Lipinski definition) is 2. The van der Waals surface area contributed by atoms with E-state index in [1.165, 1.54) is 6.08 Å². The molecule has 1 aliphatic heterocycles. The van der Waals surface area contributed by atoms with Crippen LogP contribution in [0.5, 0.6) is 0 Å². The molecule has 1 saturated heterocycles. The largest absolute Gasteiger partial charge is 0.377 e. The monoisotopic (exact) mass is 331 g/mol. The number of nitrogens with zero attached hydrogens (tertiary/aromatic N) is 1. The minimum absolute atomic E-state index is 0.0567. The van der Waals surface area contributed by atoms with Crippen molar-refractivity contribution in [2.45, 2.75) is 19.0 Å². The lowest BCUT2D eigenvalue weighted by atomic mass is 10.0. The van der Waals surface area contributed by atoms with Crippen molar-refractivity contribution in [2.24, 2.45) is 5.73 Å². The highest BCUT2D eigenvalue weighted by Crippen LogP contribution is 2.18. The Balaban J connectivity index is 2.19. The molecule has 1 aromatic carbocycles. The van der Waals surface area contributed by atoms with Gasteiger partial charge >= 0.3 is 0 Å². The molecule has 0 radical (unpaired) electrons. The van der Waals surface area contributed by atoms with Gasteiger partial charge < -0.3 is 20.7 Å². The van der Waals surface area contributed by atoms with Gasteiger partial charge in [-0.2, -0.15) is 0 Å². The summed E-state index contributed by atoms with van der Waals surface area (Å²) >= 11 is 0. The van der Waals surface area contributed by atoms with E-state index in [0.29, 0.717) is 24.3 Å². The molecule has 3 amide bonds. The lowest BCUT2D eigenvalue weighted by Crippen LogP contribution is -2.50. The van der Waals surface area contributed by atoms with E-state index >= 15 is 0 Å². The first kappa shape index (κ1) is 17.7. The number of hydrogen-bond acceptors (Lipinski definition) is 4. The van der Waals surface area contributed by atoms with Crippen LogP contribution in [0.15, 0.2) is 36.9 Å². The number of carbonyl (C=O) groups excluding carboxylic acids is 3. The molecule has 1 heterocycles. The summed E-state index contributed by atoms with van der Waals surface area (Å²) in [6.07, 6.45) is 1.23. The molecule has 1 atom stereocenters. The number of benzene rings is 1. The Kier molecular flexibility index (Phi) is 6.08. The second-order valence-corrected chi connectivity index (χ2v) is 5.48. The lowest BCUT2D eigenvalue weighted by Gasteiger charge is -2.35. The van der Waals surface area contributed by atoms with Crippen LogP contribution < -0.4 is 11.1 Å². The molecule has 1 aliphatic rings. The highest BCUT2D eigenvalue weighted by atomic mass is 16.5. The molecular weight excluding hydrogens is 310 g/mol. The Morgan fingerprint density at radius 3 is 2.83 bits per heavy atom. The van der Waals surface area contributed by atoms with Crippen molar-refractivity contribution in [3.05, 3.63) is 48.0 Å². The Morgan fingerprint density at radius 1 is 1.38 bits per heavy atom. The van der Waals surface area contributed by atoms with Crippen LogP contribution >= 0.6 is 0 Å². The Hall–Kier alpha value is -2.67. The number of morpholine rings is 1. The van der Waals surface area contributed by atoms with Crippen LogP contribution in [0.2, 0.25) is 0 Å². The predicted molar refractivity (Wildman–Crippen MR) is 87.9 cm³/mol. The minimum Gasteiger partial charge on any atom is -0.377 e. The van der Waals surface area contributed by atoms with E-state index in [1.54, 1.807) is 29.2 Å².